The van der Waals surface area contributed by atoms with E-state index in [1.165, 1.54) is 0 Å². The lowest BCUT2D eigenvalue weighted by Crippen LogP contribution is -2.12. The van der Waals surface area contributed by atoms with Gasteiger partial charge in [0, 0.05) is 35.5 Å². The van der Waals surface area contributed by atoms with Crippen LogP contribution in [0.25, 0.3) is 0 Å². The number of nitrogens with zero attached hydrogens (tertiary/aromatic N) is 2. The molecule has 0 saturated heterocycles. The number of rotatable bonds is 4. The molecule has 78 valence electrons. The Bertz CT molecular complexity index is 346. The molecule has 0 saturated carbocycles. The zero-order chi connectivity index (χ0) is 10.6. The van der Waals surface area contributed by atoms with Gasteiger partial charge in [0.05, 0.1) is 4.47 Å². The first kappa shape index (κ1) is 11.4. The van der Waals surface area contributed by atoms with Gasteiger partial charge in [-0.2, -0.15) is 4.98 Å². The Morgan fingerprint density at radius 1 is 1.71 bits per heavy atom. The van der Waals surface area contributed by atoms with E-state index in [0.29, 0.717) is 18.1 Å². The van der Waals surface area contributed by atoms with Crippen LogP contribution in [0.1, 0.15) is 0 Å². The Kier molecular flexibility index (Phi) is 4.27. The summed E-state index contributed by atoms with van der Waals surface area (Å²) in [6.45, 7) is 0.595. The number of aromatic nitrogens is 2. The van der Waals surface area contributed by atoms with Crippen molar-refractivity contribution in [3.05, 3.63) is 10.7 Å². The topological polar surface area (TPSA) is 80.9 Å². The molecule has 0 fully saturated rings. The van der Waals surface area contributed by atoms with E-state index < -0.39 is 10.8 Å². The van der Waals surface area contributed by atoms with Crippen LogP contribution < -0.4 is 11.1 Å². The maximum Gasteiger partial charge on any atom is 0.221 e. The fraction of sp³-hybridized carbons (Fsp3) is 0.429. The minimum Gasteiger partial charge on any atom is -0.368 e. The van der Waals surface area contributed by atoms with Gasteiger partial charge in [-0.3, -0.25) is 4.21 Å². The summed E-state index contributed by atoms with van der Waals surface area (Å²) in [7, 11) is -0.804. The van der Waals surface area contributed by atoms with E-state index in [2.05, 4.69) is 31.2 Å². The molecule has 3 N–H and O–H groups in total. The van der Waals surface area contributed by atoms with Crippen LogP contribution in [0.2, 0.25) is 0 Å². The van der Waals surface area contributed by atoms with E-state index in [-0.39, 0.29) is 5.95 Å². The van der Waals surface area contributed by atoms with Crippen molar-refractivity contribution >= 4 is 38.5 Å². The molecule has 0 bridgehead atoms. The minimum absolute atomic E-state index is 0.216. The second-order valence-corrected chi connectivity index (χ2v) is 5.04. The lowest BCUT2D eigenvalue weighted by atomic mass is 10.5. The number of nitrogens with two attached hydrogens (primary N) is 1. The first-order valence-corrected chi connectivity index (χ1v) is 6.43. The van der Waals surface area contributed by atoms with Gasteiger partial charge in [-0.15, -0.1) is 0 Å². The van der Waals surface area contributed by atoms with E-state index in [0.717, 1.165) is 4.47 Å². The lowest BCUT2D eigenvalue weighted by molar-refractivity contribution is 0.687. The molecule has 1 rings (SSSR count). The predicted octanol–water partition coefficient (Wildman–Crippen LogP) is 0.612. The van der Waals surface area contributed by atoms with Gasteiger partial charge in [0.15, 0.2) is 0 Å². The van der Waals surface area contributed by atoms with Crippen molar-refractivity contribution in [2.24, 2.45) is 0 Å². The average molecular weight is 279 g/mol. The first-order valence-electron chi connectivity index (χ1n) is 3.91. The molecule has 0 aliphatic rings. The predicted molar refractivity (Wildman–Crippen MR) is 61.6 cm³/mol. The van der Waals surface area contributed by atoms with Gasteiger partial charge < -0.3 is 11.1 Å². The van der Waals surface area contributed by atoms with E-state index in [1.807, 2.05) is 0 Å². The number of nitrogens with one attached hydrogen (secondary N) is 1. The highest BCUT2D eigenvalue weighted by molar-refractivity contribution is 9.10. The second-order valence-electron chi connectivity index (χ2n) is 2.63. The average Bonchev–Trinajstić information content (AvgIpc) is 2.10. The van der Waals surface area contributed by atoms with Crippen molar-refractivity contribution in [3.63, 3.8) is 0 Å². The highest BCUT2D eigenvalue weighted by atomic mass is 79.9. The van der Waals surface area contributed by atoms with Crippen molar-refractivity contribution < 1.29 is 4.21 Å². The summed E-state index contributed by atoms with van der Waals surface area (Å²) in [5.74, 6) is 1.42. The number of hydrogen-bond donors (Lipinski definition) is 2. The summed E-state index contributed by atoms with van der Waals surface area (Å²) in [6, 6.07) is 0. The normalized spacial score (nSPS) is 12.4. The number of hydrogen-bond acceptors (Lipinski definition) is 5. The van der Waals surface area contributed by atoms with Gasteiger partial charge in [-0.1, -0.05) is 0 Å². The van der Waals surface area contributed by atoms with Crippen LogP contribution in [0, 0.1) is 0 Å². The third-order valence-corrected chi connectivity index (χ3v) is 2.80. The van der Waals surface area contributed by atoms with Crippen LogP contribution in [-0.4, -0.2) is 32.7 Å². The smallest absolute Gasteiger partial charge is 0.221 e. The van der Waals surface area contributed by atoms with Crippen molar-refractivity contribution in [3.8, 4) is 0 Å². The van der Waals surface area contributed by atoms with E-state index in [9.17, 15) is 4.21 Å². The van der Waals surface area contributed by atoms with Gasteiger partial charge in [0.25, 0.3) is 0 Å². The molecule has 1 aromatic heterocycles. The van der Waals surface area contributed by atoms with Crippen molar-refractivity contribution in [1.29, 1.82) is 0 Å². The summed E-state index contributed by atoms with van der Waals surface area (Å²) in [5, 5.41) is 3.01. The monoisotopic (exact) mass is 278 g/mol. The maximum atomic E-state index is 10.8. The molecule has 0 amide bonds. The standard InChI is InChI=1S/C7H11BrN4OS/c1-14(13)3-2-10-6-5(8)4-11-7(9)12-6/h4H,2-3H2,1H3,(H3,9,10,11,12). The van der Waals surface area contributed by atoms with Gasteiger partial charge >= 0.3 is 0 Å². The molecule has 1 atom stereocenters. The Labute approximate surface area is 93.1 Å². The van der Waals surface area contributed by atoms with Gasteiger partial charge in [-0.05, 0) is 15.9 Å². The molecule has 0 aromatic carbocycles. The fourth-order valence-electron chi connectivity index (χ4n) is 0.818. The molecule has 1 aromatic rings. The van der Waals surface area contributed by atoms with Crippen molar-refractivity contribution in [2.45, 2.75) is 0 Å². The first-order chi connectivity index (χ1) is 6.59. The van der Waals surface area contributed by atoms with Gasteiger partial charge in [0.2, 0.25) is 5.95 Å². The SMILES string of the molecule is CS(=O)CCNc1nc(N)ncc1Br. The summed E-state index contributed by atoms with van der Waals surface area (Å²) in [6.07, 6.45) is 3.23. The number of nitrogen functional groups attached to an aromatic ring is 1. The maximum absolute atomic E-state index is 10.8. The molecule has 0 radical (unpaired) electrons. The molecule has 0 aliphatic carbocycles. The van der Waals surface area contributed by atoms with E-state index in [4.69, 9.17) is 5.73 Å². The largest absolute Gasteiger partial charge is 0.368 e. The highest BCUT2D eigenvalue weighted by Crippen LogP contribution is 2.18. The third kappa shape index (κ3) is 3.59. The van der Waals surface area contributed by atoms with Crippen LogP contribution >= 0.6 is 15.9 Å². The van der Waals surface area contributed by atoms with Crippen molar-refractivity contribution in [2.75, 3.05) is 29.6 Å². The van der Waals surface area contributed by atoms with Gasteiger partial charge in [0.1, 0.15) is 5.82 Å². The lowest BCUT2D eigenvalue weighted by Gasteiger charge is -2.06. The van der Waals surface area contributed by atoms with Crippen LogP contribution in [0.3, 0.4) is 0 Å². The van der Waals surface area contributed by atoms with Crippen LogP contribution in [0.5, 0.6) is 0 Å². The molecule has 1 heterocycles. The molecular formula is C7H11BrN4OS. The quantitative estimate of drug-likeness (QED) is 0.844. The Morgan fingerprint density at radius 3 is 3.07 bits per heavy atom. The fourth-order valence-corrected chi connectivity index (χ4v) is 1.54. The molecule has 0 spiro atoms. The van der Waals surface area contributed by atoms with Gasteiger partial charge in [-0.25, -0.2) is 4.98 Å². The summed E-state index contributed by atoms with van der Waals surface area (Å²) in [5.41, 5.74) is 5.42. The zero-order valence-corrected chi connectivity index (χ0v) is 10.1. The van der Waals surface area contributed by atoms with E-state index >= 15 is 0 Å². The molecule has 1 unspecified atom stereocenters. The summed E-state index contributed by atoms with van der Waals surface area (Å²) >= 11 is 3.28. The number of anilines is 2. The Morgan fingerprint density at radius 2 is 2.43 bits per heavy atom. The summed E-state index contributed by atoms with van der Waals surface area (Å²) < 4.78 is 11.5. The zero-order valence-electron chi connectivity index (χ0n) is 7.66. The molecule has 0 aliphatic heterocycles. The molecule has 5 nitrogen and oxygen atoms in total. The highest BCUT2D eigenvalue weighted by Gasteiger charge is 2.02. The molecule has 14 heavy (non-hydrogen) atoms. The van der Waals surface area contributed by atoms with Crippen LogP contribution in [0.4, 0.5) is 11.8 Å². The second kappa shape index (κ2) is 5.26. The molecular weight excluding hydrogens is 268 g/mol. The van der Waals surface area contributed by atoms with Crippen LogP contribution in [0.15, 0.2) is 10.7 Å². The summed E-state index contributed by atoms with van der Waals surface area (Å²) in [4.78, 5) is 7.78. The Balaban J connectivity index is 2.57. The molecule has 7 heteroatoms. The minimum atomic E-state index is -0.804. The number of halogens is 1. The van der Waals surface area contributed by atoms with Crippen LogP contribution in [-0.2, 0) is 10.8 Å². The van der Waals surface area contributed by atoms with Crippen molar-refractivity contribution in [1.82, 2.24) is 9.97 Å². The third-order valence-electron chi connectivity index (χ3n) is 1.44. The Hall–Kier alpha value is -0.690. The van der Waals surface area contributed by atoms with E-state index in [1.54, 1.807) is 12.5 Å².